The molecule has 4 nitrogen and oxygen atoms in total. The van der Waals surface area contributed by atoms with Gasteiger partial charge >= 0.3 is 0 Å². The average molecular weight is 235 g/mol. The van der Waals surface area contributed by atoms with Gasteiger partial charge in [0.15, 0.2) is 0 Å². The molecule has 0 bridgehead atoms. The summed E-state index contributed by atoms with van der Waals surface area (Å²) in [5, 5.41) is 5.68. The summed E-state index contributed by atoms with van der Waals surface area (Å²) in [7, 11) is 3.72. The van der Waals surface area contributed by atoms with Gasteiger partial charge in [-0.05, 0) is 25.1 Å². The summed E-state index contributed by atoms with van der Waals surface area (Å²) in [6, 6.07) is 10.3. The first-order valence-corrected chi connectivity index (χ1v) is 5.91. The minimum Gasteiger partial charge on any atom is -0.375 e. The number of para-hydroxylation sites is 1. The van der Waals surface area contributed by atoms with E-state index >= 15 is 0 Å². The van der Waals surface area contributed by atoms with Crippen LogP contribution in [-0.2, 0) is 4.79 Å². The third-order valence-electron chi connectivity index (χ3n) is 2.61. The van der Waals surface area contributed by atoms with Crippen LogP contribution in [0.2, 0.25) is 0 Å². The number of benzene rings is 1. The highest BCUT2D eigenvalue weighted by Crippen LogP contribution is 2.10. The van der Waals surface area contributed by atoms with Crippen LogP contribution >= 0.6 is 0 Å². The van der Waals surface area contributed by atoms with Crippen LogP contribution in [0.15, 0.2) is 30.3 Å². The number of likely N-dealkylation sites (N-methyl/N-ethyl adjacent to an activating group) is 1. The normalized spacial score (nSPS) is 10.0. The molecule has 0 aromatic heterocycles. The van der Waals surface area contributed by atoms with Crippen LogP contribution in [0.25, 0.3) is 0 Å². The van der Waals surface area contributed by atoms with Crippen molar-refractivity contribution in [2.24, 2.45) is 0 Å². The lowest BCUT2D eigenvalue weighted by Crippen LogP contribution is -2.33. The molecule has 1 aromatic rings. The van der Waals surface area contributed by atoms with Crippen molar-refractivity contribution >= 4 is 11.6 Å². The van der Waals surface area contributed by atoms with Crippen LogP contribution in [0.4, 0.5) is 5.69 Å². The Morgan fingerprint density at radius 1 is 1.29 bits per heavy atom. The Morgan fingerprint density at radius 3 is 2.65 bits per heavy atom. The highest BCUT2D eigenvalue weighted by Gasteiger charge is 1.99. The molecule has 0 heterocycles. The molecule has 0 fully saturated rings. The maximum atomic E-state index is 10.9. The minimum atomic E-state index is 0.0291. The van der Waals surface area contributed by atoms with Crippen LogP contribution in [0.5, 0.6) is 0 Å². The van der Waals surface area contributed by atoms with Crippen molar-refractivity contribution in [3.05, 3.63) is 30.3 Å². The van der Waals surface area contributed by atoms with Crippen molar-refractivity contribution in [2.45, 2.75) is 6.42 Å². The standard InChI is InChI=1S/C13H21N3O/c1-14-13(17)11-15-9-6-10-16(2)12-7-4-3-5-8-12/h3-5,7-8,15H,6,9-11H2,1-2H3,(H,14,17). The van der Waals surface area contributed by atoms with Gasteiger partial charge in [0.25, 0.3) is 0 Å². The molecule has 0 atom stereocenters. The number of nitrogens with zero attached hydrogens (tertiary/aromatic N) is 1. The summed E-state index contributed by atoms with van der Waals surface area (Å²) in [5.41, 5.74) is 1.22. The smallest absolute Gasteiger partial charge is 0.233 e. The molecule has 0 saturated heterocycles. The summed E-state index contributed by atoms with van der Waals surface area (Å²) in [6.07, 6.45) is 1.02. The largest absolute Gasteiger partial charge is 0.375 e. The lowest BCUT2D eigenvalue weighted by molar-refractivity contribution is -0.119. The fourth-order valence-electron chi connectivity index (χ4n) is 1.54. The van der Waals surface area contributed by atoms with Gasteiger partial charge in [-0.25, -0.2) is 0 Å². The Labute approximate surface area is 103 Å². The fraction of sp³-hybridized carbons (Fsp3) is 0.462. The molecule has 0 spiro atoms. The van der Waals surface area contributed by atoms with E-state index in [2.05, 4.69) is 34.7 Å². The van der Waals surface area contributed by atoms with E-state index in [-0.39, 0.29) is 5.91 Å². The van der Waals surface area contributed by atoms with Gasteiger partial charge in [-0.1, -0.05) is 18.2 Å². The van der Waals surface area contributed by atoms with E-state index in [4.69, 9.17) is 0 Å². The molecule has 0 saturated carbocycles. The summed E-state index contributed by atoms with van der Waals surface area (Å²) >= 11 is 0. The highest BCUT2D eigenvalue weighted by atomic mass is 16.1. The van der Waals surface area contributed by atoms with Gasteiger partial charge in [-0.3, -0.25) is 4.79 Å². The van der Waals surface area contributed by atoms with E-state index in [1.54, 1.807) is 7.05 Å². The molecule has 1 amide bonds. The van der Waals surface area contributed by atoms with Crippen molar-refractivity contribution in [1.82, 2.24) is 10.6 Å². The third kappa shape index (κ3) is 5.36. The summed E-state index contributed by atoms with van der Waals surface area (Å²) in [4.78, 5) is 13.2. The van der Waals surface area contributed by atoms with Gasteiger partial charge in [0.1, 0.15) is 0 Å². The highest BCUT2D eigenvalue weighted by molar-refractivity contribution is 5.77. The van der Waals surface area contributed by atoms with Crippen LogP contribution in [-0.4, -0.2) is 39.6 Å². The zero-order chi connectivity index (χ0) is 12.5. The topological polar surface area (TPSA) is 44.4 Å². The molecule has 94 valence electrons. The molecule has 1 rings (SSSR count). The van der Waals surface area contributed by atoms with Crippen LogP contribution < -0.4 is 15.5 Å². The Bertz CT molecular complexity index is 327. The molecule has 0 aliphatic rings. The van der Waals surface area contributed by atoms with E-state index in [1.807, 2.05) is 18.2 Å². The monoisotopic (exact) mass is 235 g/mol. The van der Waals surface area contributed by atoms with Gasteiger partial charge in [-0.2, -0.15) is 0 Å². The number of amides is 1. The lowest BCUT2D eigenvalue weighted by Gasteiger charge is -2.19. The molecular formula is C13H21N3O. The lowest BCUT2D eigenvalue weighted by atomic mass is 10.3. The van der Waals surface area contributed by atoms with Crippen LogP contribution in [0.3, 0.4) is 0 Å². The molecule has 17 heavy (non-hydrogen) atoms. The average Bonchev–Trinajstić information content (AvgIpc) is 2.38. The molecule has 0 aliphatic heterocycles. The second kappa shape index (κ2) is 7.68. The maximum Gasteiger partial charge on any atom is 0.233 e. The minimum absolute atomic E-state index is 0.0291. The van der Waals surface area contributed by atoms with Gasteiger partial charge in [0.2, 0.25) is 5.91 Å². The van der Waals surface area contributed by atoms with Crippen molar-refractivity contribution in [2.75, 3.05) is 38.6 Å². The van der Waals surface area contributed by atoms with Crippen LogP contribution in [0.1, 0.15) is 6.42 Å². The van der Waals surface area contributed by atoms with E-state index in [9.17, 15) is 4.79 Å². The number of carbonyl (C=O) groups excluding carboxylic acids is 1. The number of hydrogen-bond acceptors (Lipinski definition) is 3. The number of anilines is 1. The number of carbonyl (C=O) groups is 1. The predicted octanol–water partition coefficient (Wildman–Crippen LogP) is 0.848. The van der Waals surface area contributed by atoms with E-state index in [0.29, 0.717) is 6.54 Å². The molecule has 0 radical (unpaired) electrons. The molecule has 2 N–H and O–H groups in total. The Hall–Kier alpha value is -1.55. The summed E-state index contributed by atoms with van der Waals surface area (Å²) in [5.74, 6) is 0.0291. The zero-order valence-corrected chi connectivity index (χ0v) is 10.6. The van der Waals surface area contributed by atoms with E-state index in [1.165, 1.54) is 5.69 Å². The van der Waals surface area contributed by atoms with Gasteiger partial charge in [0, 0.05) is 26.3 Å². The van der Waals surface area contributed by atoms with Gasteiger partial charge in [0.05, 0.1) is 6.54 Å². The summed E-state index contributed by atoms with van der Waals surface area (Å²) in [6.45, 7) is 2.22. The maximum absolute atomic E-state index is 10.9. The second-order valence-electron chi connectivity index (χ2n) is 3.96. The fourth-order valence-corrected chi connectivity index (χ4v) is 1.54. The SMILES string of the molecule is CNC(=O)CNCCCN(C)c1ccccc1. The van der Waals surface area contributed by atoms with Crippen molar-refractivity contribution < 1.29 is 4.79 Å². The summed E-state index contributed by atoms with van der Waals surface area (Å²) < 4.78 is 0. The first kappa shape index (κ1) is 13.5. The number of rotatable bonds is 7. The molecule has 0 unspecified atom stereocenters. The Kier molecular flexibility index (Phi) is 6.10. The number of hydrogen-bond donors (Lipinski definition) is 2. The molecule has 4 heteroatoms. The Balaban J connectivity index is 2.13. The Morgan fingerprint density at radius 2 is 2.00 bits per heavy atom. The second-order valence-corrected chi connectivity index (χ2v) is 3.96. The van der Waals surface area contributed by atoms with Crippen molar-refractivity contribution in [1.29, 1.82) is 0 Å². The van der Waals surface area contributed by atoms with Crippen molar-refractivity contribution in [3.8, 4) is 0 Å². The van der Waals surface area contributed by atoms with E-state index < -0.39 is 0 Å². The molecular weight excluding hydrogens is 214 g/mol. The van der Waals surface area contributed by atoms with Crippen molar-refractivity contribution in [3.63, 3.8) is 0 Å². The van der Waals surface area contributed by atoms with Gasteiger partial charge < -0.3 is 15.5 Å². The zero-order valence-electron chi connectivity index (χ0n) is 10.6. The third-order valence-corrected chi connectivity index (χ3v) is 2.61. The first-order chi connectivity index (χ1) is 8.24. The predicted molar refractivity (Wildman–Crippen MR) is 71.3 cm³/mol. The molecule has 0 aliphatic carbocycles. The van der Waals surface area contributed by atoms with Gasteiger partial charge in [-0.15, -0.1) is 0 Å². The quantitative estimate of drug-likeness (QED) is 0.689. The van der Waals surface area contributed by atoms with E-state index in [0.717, 1.165) is 19.5 Å². The number of nitrogens with one attached hydrogen (secondary N) is 2. The van der Waals surface area contributed by atoms with Crippen LogP contribution in [0, 0.1) is 0 Å². The first-order valence-electron chi connectivity index (χ1n) is 5.91. The molecule has 1 aromatic carbocycles.